The first-order valence-electron chi connectivity index (χ1n) is 10.2. The lowest BCUT2D eigenvalue weighted by molar-refractivity contribution is 0.0142. The Bertz CT molecular complexity index is 604. The molecule has 2 heterocycles. The van der Waals surface area contributed by atoms with E-state index in [0.717, 1.165) is 51.8 Å². The number of halogens is 1. The molecule has 2 aliphatic rings. The number of morpholine rings is 1. The Morgan fingerprint density at radius 2 is 1.86 bits per heavy atom. The van der Waals surface area contributed by atoms with Crippen LogP contribution < -0.4 is 5.32 Å². The van der Waals surface area contributed by atoms with Crippen molar-refractivity contribution in [3.63, 3.8) is 0 Å². The largest absolute Gasteiger partial charge is 0.379 e. The van der Waals surface area contributed by atoms with E-state index in [4.69, 9.17) is 9.73 Å². The summed E-state index contributed by atoms with van der Waals surface area (Å²) < 4.78 is 29.4. The molecule has 0 aliphatic carbocycles. The van der Waals surface area contributed by atoms with Crippen LogP contribution in [-0.4, -0.2) is 93.2 Å². The molecule has 2 aliphatic heterocycles. The third kappa shape index (κ3) is 6.98. The lowest BCUT2D eigenvalue weighted by atomic mass is 10.0. The van der Waals surface area contributed by atoms with Gasteiger partial charge in [-0.15, -0.1) is 24.0 Å². The number of ether oxygens (including phenoxy) is 1. The topological polar surface area (TPSA) is 74.2 Å². The standard InChI is InChI=1S/C19H38N4O3S.HI/c1-6-20-18(23-9-12-27(24,25)19(4,5)15-23)21-14-17(13-16(2)3)22-7-10-26-11-8-22;/h16-17H,6-15H2,1-5H3,(H,20,21);1H. The molecule has 0 aromatic rings. The van der Waals surface area contributed by atoms with Crippen molar-refractivity contribution in [2.75, 3.05) is 58.2 Å². The highest BCUT2D eigenvalue weighted by molar-refractivity contribution is 14.0. The predicted octanol–water partition coefficient (Wildman–Crippen LogP) is 1.83. The lowest BCUT2D eigenvalue weighted by Crippen LogP contribution is -2.57. The van der Waals surface area contributed by atoms with E-state index in [2.05, 4.69) is 35.9 Å². The first-order valence-corrected chi connectivity index (χ1v) is 11.9. The van der Waals surface area contributed by atoms with E-state index in [1.54, 1.807) is 0 Å². The molecule has 1 unspecified atom stereocenters. The minimum atomic E-state index is -3.05. The van der Waals surface area contributed by atoms with E-state index in [-0.39, 0.29) is 29.7 Å². The number of sulfone groups is 1. The summed E-state index contributed by atoms with van der Waals surface area (Å²) in [5.74, 6) is 1.63. The summed E-state index contributed by atoms with van der Waals surface area (Å²) in [6.07, 6.45) is 1.10. The average molecular weight is 531 g/mol. The Balaban J connectivity index is 0.00000392. The van der Waals surface area contributed by atoms with Gasteiger partial charge in [-0.1, -0.05) is 13.8 Å². The summed E-state index contributed by atoms with van der Waals surface area (Å²) in [4.78, 5) is 9.53. The van der Waals surface area contributed by atoms with Gasteiger partial charge in [-0.2, -0.15) is 0 Å². The lowest BCUT2D eigenvalue weighted by Gasteiger charge is -2.39. The Labute approximate surface area is 188 Å². The number of aliphatic imine (C=N–C) groups is 1. The number of hydrogen-bond acceptors (Lipinski definition) is 5. The molecule has 0 spiro atoms. The SMILES string of the molecule is CCNC(=NCC(CC(C)C)N1CCOCC1)N1CCS(=O)(=O)C(C)(C)C1.I. The highest BCUT2D eigenvalue weighted by Crippen LogP contribution is 2.24. The molecule has 166 valence electrons. The van der Waals surface area contributed by atoms with Crippen molar-refractivity contribution in [1.29, 1.82) is 0 Å². The minimum absolute atomic E-state index is 0. The summed E-state index contributed by atoms with van der Waals surface area (Å²) in [7, 11) is -3.05. The number of rotatable bonds is 6. The molecule has 9 heteroatoms. The maximum atomic E-state index is 12.3. The van der Waals surface area contributed by atoms with Crippen LogP contribution in [0.4, 0.5) is 0 Å². The van der Waals surface area contributed by atoms with Crippen molar-refractivity contribution in [2.45, 2.75) is 51.8 Å². The van der Waals surface area contributed by atoms with Crippen LogP contribution in [0.15, 0.2) is 4.99 Å². The highest BCUT2D eigenvalue weighted by atomic mass is 127. The van der Waals surface area contributed by atoms with Gasteiger partial charge in [-0.25, -0.2) is 8.42 Å². The van der Waals surface area contributed by atoms with Crippen LogP contribution in [0.1, 0.15) is 41.0 Å². The molecule has 2 fully saturated rings. The summed E-state index contributed by atoms with van der Waals surface area (Å²) in [5.41, 5.74) is 0. The molecular formula is C19H39IN4O3S. The van der Waals surface area contributed by atoms with Gasteiger partial charge in [0.2, 0.25) is 0 Å². The first-order chi connectivity index (χ1) is 12.7. The fourth-order valence-electron chi connectivity index (χ4n) is 3.77. The number of nitrogens with one attached hydrogen (secondary N) is 1. The average Bonchev–Trinajstić information content (AvgIpc) is 2.60. The minimum Gasteiger partial charge on any atom is -0.379 e. The van der Waals surface area contributed by atoms with Gasteiger partial charge in [-0.3, -0.25) is 9.89 Å². The fraction of sp³-hybridized carbons (Fsp3) is 0.947. The second-order valence-electron chi connectivity index (χ2n) is 8.63. The zero-order valence-electron chi connectivity index (χ0n) is 18.1. The number of hydrogen-bond donors (Lipinski definition) is 1. The van der Waals surface area contributed by atoms with Crippen molar-refractivity contribution in [2.24, 2.45) is 10.9 Å². The maximum Gasteiger partial charge on any atom is 0.194 e. The molecule has 0 aromatic carbocycles. The second kappa shape index (κ2) is 11.3. The predicted molar refractivity (Wildman–Crippen MR) is 126 cm³/mol. The van der Waals surface area contributed by atoms with Crippen LogP contribution >= 0.6 is 24.0 Å². The fourth-order valence-corrected chi connectivity index (χ4v) is 5.13. The quantitative estimate of drug-likeness (QED) is 0.321. The van der Waals surface area contributed by atoms with Crippen LogP contribution in [0.3, 0.4) is 0 Å². The molecular weight excluding hydrogens is 491 g/mol. The van der Waals surface area contributed by atoms with Crippen LogP contribution in [0, 0.1) is 5.92 Å². The molecule has 7 nitrogen and oxygen atoms in total. The summed E-state index contributed by atoms with van der Waals surface area (Å²) >= 11 is 0. The molecule has 2 rings (SSSR count). The summed E-state index contributed by atoms with van der Waals surface area (Å²) in [6, 6.07) is 0.393. The Morgan fingerprint density at radius 1 is 1.21 bits per heavy atom. The van der Waals surface area contributed by atoms with Crippen molar-refractivity contribution >= 4 is 39.8 Å². The van der Waals surface area contributed by atoms with Gasteiger partial charge in [0.15, 0.2) is 15.8 Å². The van der Waals surface area contributed by atoms with Gasteiger partial charge in [-0.05, 0) is 33.1 Å². The summed E-state index contributed by atoms with van der Waals surface area (Å²) in [6.45, 7) is 16.1. The van der Waals surface area contributed by atoms with Gasteiger partial charge in [0.25, 0.3) is 0 Å². The molecule has 1 atom stereocenters. The van der Waals surface area contributed by atoms with E-state index >= 15 is 0 Å². The van der Waals surface area contributed by atoms with E-state index in [0.29, 0.717) is 25.0 Å². The molecule has 1 N–H and O–H groups in total. The van der Waals surface area contributed by atoms with Crippen molar-refractivity contribution in [3.05, 3.63) is 0 Å². The molecule has 0 aromatic heterocycles. The zero-order valence-corrected chi connectivity index (χ0v) is 21.3. The number of guanidine groups is 1. The smallest absolute Gasteiger partial charge is 0.194 e. The van der Waals surface area contributed by atoms with E-state index in [1.165, 1.54) is 0 Å². The van der Waals surface area contributed by atoms with Gasteiger partial charge < -0.3 is 15.0 Å². The highest BCUT2D eigenvalue weighted by Gasteiger charge is 2.41. The van der Waals surface area contributed by atoms with E-state index in [9.17, 15) is 8.42 Å². The zero-order chi connectivity index (χ0) is 20.1. The van der Waals surface area contributed by atoms with Gasteiger partial charge in [0.05, 0.1) is 30.3 Å². The monoisotopic (exact) mass is 530 g/mol. The summed E-state index contributed by atoms with van der Waals surface area (Å²) in [5, 5.41) is 3.37. The van der Waals surface area contributed by atoms with Crippen LogP contribution in [-0.2, 0) is 14.6 Å². The second-order valence-corrected chi connectivity index (χ2v) is 11.4. The molecule has 0 radical (unpaired) electrons. The third-order valence-corrected chi connectivity index (χ3v) is 7.97. The van der Waals surface area contributed by atoms with Gasteiger partial charge in [0, 0.05) is 38.8 Å². The van der Waals surface area contributed by atoms with E-state index < -0.39 is 14.6 Å². The Hall–Kier alpha value is -0.130. The van der Waals surface area contributed by atoms with Crippen LogP contribution in [0.2, 0.25) is 0 Å². The van der Waals surface area contributed by atoms with Gasteiger partial charge >= 0.3 is 0 Å². The Morgan fingerprint density at radius 3 is 2.39 bits per heavy atom. The Kier molecular flexibility index (Phi) is 10.5. The molecule has 0 bridgehead atoms. The molecule has 0 amide bonds. The van der Waals surface area contributed by atoms with E-state index in [1.807, 2.05) is 13.8 Å². The van der Waals surface area contributed by atoms with Crippen molar-refractivity contribution in [3.8, 4) is 0 Å². The molecule has 0 saturated carbocycles. The van der Waals surface area contributed by atoms with Crippen molar-refractivity contribution in [1.82, 2.24) is 15.1 Å². The number of nitrogens with zero attached hydrogens (tertiary/aromatic N) is 3. The first kappa shape index (κ1) is 25.9. The maximum absolute atomic E-state index is 12.3. The van der Waals surface area contributed by atoms with Gasteiger partial charge in [0.1, 0.15) is 0 Å². The van der Waals surface area contributed by atoms with Crippen LogP contribution in [0.5, 0.6) is 0 Å². The molecule has 2 saturated heterocycles. The van der Waals surface area contributed by atoms with Crippen LogP contribution in [0.25, 0.3) is 0 Å². The van der Waals surface area contributed by atoms with Crippen molar-refractivity contribution < 1.29 is 13.2 Å². The third-order valence-electron chi connectivity index (χ3n) is 5.44. The normalized spacial score (nSPS) is 23.9. The molecule has 28 heavy (non-hydrogen) atoms.